The molecule has 28 heavy (non-hydrogen) atoms. The Morgan fingerprint density at radius 1 is 1.04 bits per heavy atom. The monoisotopic (exact) mass is 384 g/mol. The molecule has 2 fully saturated rings. The first kappa shape index (κ1) is 18.8. The number of carbonyl (C=O) groups is 1. The van der Waals surface area contributed by atoms with Crippen LogP contribution in [0.1, 0.15) is 68.6 Å². The number of benzene rings is 1. The highest BCUT2D eigenvalue weighted by molar-refractivity contribution is 5.89. The topological polar surface area (TPSA) is 80.5 Å². The molecule has 2 aliphatic rings. The summed E-state index contributed by atoms with van der Waals surface area (Å²) in [5, 5.41) is 11.6. The van der Waals surface area contributed by atoms with Gasteiger partial charge in [-0.2, -0.15) is 0 Å². The maximum Gasteiger partial charge on any atom is 0.321 e. The van der Waals surface area contributed by atoms with Crippen LogP contribution in [0.25, 0.3) is 0 Å². The van der Waals surface area contributed by atoms with Gasteiger partial charge >= 0.3 is 6.03 Å². The van der Waals surface area contributed by atoms with Crippen LogP contribution in [0.5, 0.6) is 5.75 Å². The Bertz CT molecular complexity index is 783. The number of amides is 2. The van der Waals surface area contributed by atoms with Crippen LogP contribution in [-0.2, 0) is 0 Å². The summed E-state index contributed by atoms with van der Waals surface area (Å²) in [6.07, 6.45) is 7.97. The summed E-state index contributed by atoms with van der Waals surface area (Å²) in [6.45, 7) is 1.34. The quantitative estimate of drug-likeness (QED) is 0.837. The van der Waals surface area contributed by atoms with Crippen LogP contribution in [0.4, 0.5) is 10.5 Å². The lowest BCUT2D eigenvalue weighted by Crippen LogP contribution is -2.41. The van der Waals surface area contributed by atoms with E-state index in [4.69, 9.17) is 9.15 Å². The lowest BCUT2D eigenvalue weighted by molar-refractivity contribution is 0.186. The second-order valence-electron chi connectivity index (χ2n) is 7.76. The summed E-state index contributed by atoms with van der Waals surface area (Å²) in [5.74, 6) is 2.76. The summed E-state index contributed by atoms with van der Waals surface area (Å²) in [7, 11) is 1.62. The van der Waals surface area contributed by atoms with Gasteiger partial charge in [0.15, 0.2) is 0 Å². The van der Waals surface area contributed by atoms with Crippen molar-refractivity contribution in [3.05, 3.63) is 36.0 Å². The second-order valence-corrected chi connectivity index (χ2v) is 7.76. The average Bonchev–Trinajstić information content (AvgIpc) is 3.25. The first-order valence-corrected chi connectivity index (χ1v) is 10.3. The maximum atomic E-state index is 12.7. The van der Waals surface area contributed by atoms with Gasteiger partial charge in [0.25, 0.3) is 0 Å². The zero-order chi connectivity index (χ0) is 19.3. The van der Waals surface area contributed by atoms with Gasteiger partial charge in [0.05, 0.1) is 13.0 Å². The van der Waals surface area contributed by atoms with E-state index in [1.54, 1.807) is 7.11 Å². The largest absolute Gasteiger partial charge is 0.497 e. The zero-order valence-electron chi connectivity index (χ0n) is 16.4. The van der Waals surface area contributed by atoms with Gasteiger partial charge < -0.3 is 19.4 Å². The number of carbonyl (C=O) groups excluding carboxylic acids is 1. The highest BCUT2D eigenvalue weighted by Gasteiger charge is 2.30. The molecule has 0 radical (unpaired) electrons. The molecule has 0 spiro atoms. The fourth-order valence-electron chi connectivity index (χ4n) is 4.17. The van der Waals surface area contributed by atoms with Crippen molar-refractivity contribution in [2.45, 2.75) is 56.8 Å². The van der Waals surface area contributed by atoms with E-state index in [1.807, 2.05) is 29.2 Å². The SMILES string of the molecule is COc1ccc(NC(=O)N2CCCC(c3nnc(C4CCCCC4)o3)C2)cc1. The molecule has 7 nitrogen and oxygen atoms in total. The molecule has 1 aliphatic carbocycles. The minimum Gasteiger partial charge on any atom is -0.497 e. The zero-order valence-corrected chi connectivity index (χ0v) is 16.4. The van der Waals surface area contributed by atoms with E-state index < -0.39 is 0 Å². The molecule has 1 aliphatic heterocycles. The number of ether oxygens (including phenoxy) is 1. The van der Waals surface area contributed by atoms with E-state index in [0.717, 1.165) is 49.6 Å². The number of nitrogens with one attached hydrogen (secondary N) is 1. The molecular weight excluding hydrogens is 356 g/mol. The van der Waals surface area contributed by atoms with Crippen molar-refractivity contribution in [1.29, 1.82) is 0 Å². The summed E-state index contributed by atoms with van der Waals surface area (Å²) >= 11 is 0. The number of urea groups is 1. The van der Waals surface area contributed by atoms with Crippen LogP contribution in [0, 0.1) is 0 Å². The maximum absolute atomic E-state index is 12.7. The Kier molecular flexibility index (Phi) is 5.78. The molecule has 1 unspecified atom stereocenters. The number of likely N-dealkylation sites (tertiary alicyclic amines) is 1. The number of hydrogen-bond acceptors (Lipinski definition) is 5. The molecule has 1 aromatic carbocycles. The molecule has 4 rings (SSSR count). The molecule has 1 N–H and O–H groups in total. The first-order valence-electron chi connectivity index (χ1n) is 10.3. The number of hydrogen-bond donors (Lipinski definition) is 1. The van der Waals surface area contributed by atoms with Crippen molar-refractivity contribution in [3.8, 4) is 5.75 Å². The second kappa shape index (κ2) is 8.63. The van der Waals surface area contributed by atoms with Gasteiger partial charge in [0.1, 0.15) is 5.75 Å². The van der Waals surface area contributed by atoms with E-state index in [0.29, 0.717) is 18.4 Å². The van der Waals surface area contributed by atoms with Gasteiger partial charge in [-0.15, -0.1) is 10.2 Å². The smallest absolute Gasteiger partial charge is 0.321 e. The van der Waals surface area contributed by atoms with E-state index in [-0.39, 0.29) is 11.9 Å². The van der Waals surface area contributed by atoms with E-state index >= 15 is 0 Å². The third kappa shape index (κ3) is 4.29. The standard InChI is InChI=1S/C21H28N4O3/c1-27-18-11-9-17(10-12-18)22-21(26)25-13-5-8-16(14-25)20-24-23-19(28-20)15-6-3-2-4-7-15/h9-12,15-16H,2-8,13-14H2,1H3,(H,22,26). The van der Waals surface area contributed by atoms with Crippen molar-refractivity contribution in [3.63, 3.8) is 0 Å². The Morgan fingerprint density at radius 3 is 2.43 bits per heavy atom. The van der Waals surface area contributed by atoms with Crippen molar-refractivity contribution in [2.24, 2.45) is 0 Å². The summed E-state index contributed by atoms with van der Waals surface area (Å²) in [6, 6.07) is 7.25. The van der Waals surface area contributed by atoms with Crippen LogP contribution in [0.3, 0.4) is 0 Å². The van der Waals surface area contributed by atoms with Crippen LogP contribution in [-0.4, -0.2) is 41.3 Å². The van der Waals surface area contributed by atoms with Crippen molar-refractivity contribution >= 4 is 11.7 Å². The molecule has 2 heterocycles. The Morgan fingerprint density at radius 2 is 1.71 bits per heavy atom. The van der Waals surface area contributed by atoms with Crippen molar-refractivity contribution in [1.82, 2.24) is 15.1 Å². The summed E-state index contributed by atoms with van der Waals surface area (Å²) in [5.41, 5.74) is 0.755. The van der Waals surface area contributed by atoms with Crippen molar-refractivity contribution in [2.75, 3.05) is 25.5 Å². The molecule has 2 aromatic rings. The van der Waals surface area contributed by atoms with Gasteiger partial charge in [-0.05, 0) is 49.9 Å². The molecule has 0 bridgehead atoms. The minimum atomic E-state index is -0.0955. The number of methoxy groups -OCH3 is 1. The number of piperidine rings is 1. The van der Waals surface area contributed by atoms with E-state index in [1.165, 1.54) is 19.3 Å². The average molecular weight is 384 g/mol. The lowest BCUT2D eigenvalue weighted by atomic mass is 9.89. The van der Waals surface area contributed by atoms with Gasteiger partial charge in [0, 0.05) is 24.7 Å². The summed E-state index contributed by atoms with van der Waals surface area (Å²) < 4.78 is 11.2. The lowest BCUT2D eigenvalue weighted by Gasteiger charge is -2.31. The molecule has 1 saturated carbocycles. The van der Waals surface area contributed by atoms with Crippen molar-refractivity contribution < 1.29 is 13.9 Å². The fraction of sp³-hybridized carbons (Fsp3) is 0.571. The normalized spacial score (nSPS) is 20.8. The molecule has 2 amide bonds. The van der Waals surface area contributed by atoms with Gasteiger partial charge in [-0.25, -0.2) is 4.79 Å². The molecule has 1 aromatic heterocycles. The fourth-order valence-corrected chi connectivity index (χ4v) is 4.17. The Labute approximate surface area is 165 Å². The van der Waals surface area contributed by atoms with Crippen LogP contribution >= 0.6 is 0 Å². The third-order valence-electron chi connectivity index (χ3n) is 5.81. The van der Waals surface area contributed by atoms with Gasteiger partial charge in [0.2, 0.25) is 11.8 Å². The molecule has 150 valence electrons. The van der Waals surface area contributed by atoms with Gasteiger partial charge in [-0.1, -0.05) is 19.3 Å². The van der Waals surface area contributed by atoms with Crippen LogP contribution < -0.4 is 10.1 Å². The van der Waals surface area contributed by atoms with Crippen LogP contribution in [0.2, 0.25) is 0 Å². The number of aromatic nitrogens is 2. The molecule has 7 heteroatoms. The number of nitrogens with zero attached hydrogens (tertiary/aromatic N) is 3. The van der Waals surface area contributed by atoms with E-state index in [2.05, 4.69) is 15.5 Å². The van der Waals surface area contributed by atoms with Gasteiger partial charge in [-0.3, -0.25) is 0 Å². The summed E-state index contributed by atoms with van der Waals surface area (Å²) in [4.78, 5) is 14.5. The molecular formula is C21H28N4O3. The highest BCUT2D eigenvalue weighted by atomic mass is 16.5. The Balaban J connectivity index is 1.37. The Hall–Kier alpha value is -2.57. The van der Waals surface area contributed by atoms with Crippen LogP contribution in [0.15, 0.2) is 28.7 Å². The molecule has 1 saturated heterocycles. The molecule has 1 atom stereocenters. The van der Waals surface area contributed by atoms with E-state index in [9.17, 15) is 4.79 Å². The highest BCUT2D eigenvalue weighted by Crippen LogP contribution is 2.34. The third-order valence-corrected chi connectivity index (χ3v) is 5.81. The first-order chi connectivity index (χ1) is 13.7. The number of rotatable bonds is 4. The number of anilines is 1. The predicted molar refractivity (Wildman–Crippen MR) is 106 cm³/mol. The minimum absolute atomic E-state index is 0.0955. The predicted octanol–water partition coefficient (Wildman–Crippen LogP) is 4.54.